The normalized spacial score (nSPS) is 14.4. The van der Waals surface area contributed by atoms with Crippen LogP contribution in [0.5, 0.6) is 0 Å². The standard InChI is InChI=1S/C74H144O17P2/c1-8-10-11-38-48-55-71(76)84-61-69(90-74(79)58-51-44-37-31-30-33-40-46-53-66(5)6)63-88-92(80,81)86-59-68(75)60-87-93(82,83)89-64-70(62-85-72(77)56-49-42-35-28-24-21-20-22-26-32-39-45-52-65(3)4)91-73(78)57-50-43-36-29-25-19-17-15-13-12-14-16-18-23-27-34-41-47-54-67(7)9-2/h65-70,75H,8-64H2,1-7H3,(H,80,81)(H,82,83)/t67?,68-,69+,70+/m0/s1. The minimum Gasteiger partial charge on any atom is -0.462 e. The molecule has 3 N–H and O–H groups in total. The number of rotatable bonds is 72. The lowest BCUT2D eigenvalue weighted by Crippen LogP contribution is -2.30. The molecule has 0 amide bonds. The van der Waals surface area contributed by atoms with Gasteiger partial charge in [-0.15, -0.1) is 0 Å². The summed E-state index contributed by atoms with van der Waals surface area (Å²) in [5, 5.41) is 10.6. The lowest BCUT2D eigenvalue weighted by molar-refractivity contribution is -0.161. The number of phosphoric ester groups is 2. The molecule has 0 bridgehead atoms. The summed E-state index contributed by atoms with van der Waals surface area (Å²) in [5.41, 5.74) is 0. The molecule has 0 saturated carbocycles. The molecule has 0 heterocycles. The summed E-state index contributed by atoms with van der Waals surface area (Å²) < 4.78 is 68.2. The Kier molecular flexibility index (Phi) is 63.4. The largest absolute Gasteiger partial charge is 0.472 e. The quantitative estimate of drug-likeness (QED) is 0.0222. The Morgan fingerprint density at radius 3 is 0.817 bits per heavy atom. The van der Waals surface area contributed by atoms with Gasteiger partial charge in [-0.2, -0.15) is 0 Å². The number of esters is 4. The summed E-state index contributed by atoms with van der Waals surface area (Å²) in [4.78, 5) is 72.4. The average Bonchev–Trinajstić information content (AvgIpc) is 2.27. The number of phosphoric acid groups is 2. The van der Waals surface area contributed by atoms with Crippen molar-refractivity contribution in [2.45, 2.75) is 394 Å². The van der Waals surface area contributed by atoms with Gasteiger partial charge in [-0.05, 0) is 43.4 Å². The van der Waals surface area contributed by atoms with Gasteiger partial charge in [0.25, 0.3) is 0 Å². The Bertz CT molecular complexity index is 1820. The SMILES string of the molecule is CCCCCCCC(=O)OC[C@H](COP(=O)(O)OC[C@H](O)COP(=O)(O)OC[C@@H](COC(=O)CCCCCCCCCCCCCCC(C)C)OC(=O)CCCCCCCCCCCCCCCCCCCCC(C)CC)OC(=O)CCCCCCCCCCC(C)C. The first-order chi connectivity index (χ1) is 44.8. The number of hydrogen-bond donors (Lipinski definition) is 3. The van der Waals surface area contributed by atoms with Gasteiger partial charge < -0.3 is 33.8 Å². The third-order valence-electron chi connectivity index (χ3n) is 17.5. The zero-order valence-electron chi connectivity index (χ0n) is 60.7. The smallest absolute Gasteiger partial charge is 0.462 e. The Morgan fingerprint density at radius 2 is 0.548 bits per heavy atom. The number of ether oxygens (including phenoxy) is 4. The minimum absolute atomic E-state index is 0.103. The van der Waals surface area contributed by atoms with Crippen LogP contribution in [0.2, 0.25) is 0 Å². The number of aliphatic hydroxyl groups excluding tert-OH is 1. The van der Waals surface area contributed by atoms with Crippen molar-refractivity contribution in [3.8, 4) is 0 Å². The first kappa shape index (κ1) is 91.1. The Hall–Kier alpha value is -1.94. The van der Waals surface area contributed by atoms with E-state index in [1.54, 1.807) is 0 Å². The summed E-state index contributed by atoms with van der Waals surface area (Å²) in [5.74, 6) is 0.237. The van der Waals surface area contributed by atoms with Crippen molar-refractivity contribution in [3.05, 3.63) is 0 Å². The molecule has 17 nitrogen and oxygen atoms in total. The van der Waals surface area contributed by atoms with E-state index in [2.05, 4.69) is 48.5 Å². The average molecular weight is 1370 g/mol. The fraction of sp³-hybridized carbons (Fsp3) is 0.946. The minimum atomic E-state index is -4.95. The monoisotopic (exact) mass is 1370 g/mol. The topological polar surface area (TPSA) is 237 Å². The van der Waals surface area contributed by atoms with Gasteiger partial charge in [-0.3, -0.25) is 37.3 Å². The molecule has 0 fully saturated rings. The van der Waals surface area contributed by atoms with Crippen LogP contribution in [-0.4, -0.2) is 96.7 Å². The molecule has 93 heavy (non-hydrogen) atoms. The lowest BCUT2D eigenvalue weighted by Gasteiger charge is -2.21. The number of aliphatic hydroxyl groups is 1. The maximum Gasteiger partial charge on any atom is 0.472 e. The second-order valence-corrected chi connectivity index (χ2v) is 30.8. The third-order valence-corrected chi connectivity index (χ3v) is 19.4. The number of carbonyl (C=O) groups is 4. The van der Waals surface area contributed by atoms with Crippen LogP contribution in [0.25, 0.3) is 0 Å². The molecule has 552 valence electrons. The second-order valence-electron chi connectivity index (χ2n) is 27.9. The summed E-state index contributed by atoms with van der Waals surface area (Å²) in [6.45, 7) is 11.8. The van der Waals surface area contributed by atoms with Crippen LogP contribution >= 0.6 is 15.6 Å². The predicted octanol–water partition coefficient (Wildman–Crippen LogP) is 21.4. The molecule has 0 aromatic rings. The number of carbonyl (C=O) groups excluding carboxylic acids is 4. The highest BCUT2D eigenvalue weighted by molar-refractivity contribution is 7.47. The predicted molar refractivity (Wildman–Crippen MR) is 377 cm³/mol. The van der Waals surface area contributed by atoms with Crippen LogP contribution in [0.15, 0.2) is 0 Å². The highest BCUT2D eigenvalue weighted by atomic mass is 31.2. The molecule has 0 aliphatic heterocycles. The Morgan fingerprint density at radius 1 is 0.312 bits per heavy atom. The van der Waals surface area contributed by atoms with Crippen molar-refractivity contribution in [2.24, 2.45) is 17.8 Å². The van der Waals surface area contributed by atoms with Crippen LogP contribution in [0.1, 0.15) is 376 Å². The van der Waals surface area contributed by atoms with E-state index in [9.17, 15) is 43.2 Å². The van der Waals surface area contributed by atoms with Gasteiger partial charge in [-0.1, -0.05) is 325 Å². The van der Waals surface area contributed by atoms with Gasteiger partial charge in [0.05, 0.1) is 26.4 Å². The van der Waals surface area contributed by atoms with Gasteiger partial charge >= 0.3 is 39.5 Å². The van der Waals surface area contributed by atoms with E-state index in [-0.39, 0.29) is 25.7 Å². The van der Waals surface area contributed by atoms with Crippen molar-refractivity contribution < 1.29 is 80.2 Å². The van der Waals surface area contributed by atoms with E-state index in [0.29, 0.717) is 25.7 Å². The molecule has 0 aliphatic rings. The molecular formula is C74H144O17P2. The van der Waals surface area contributed by atoms with Gasteiger partial charge in [0.1, 0.15) is 19.3 Å². The third kappa shape index (κ3) is 67.0. The molecule has 0 rings (SSSR count). The summed E-state index contributed by atoms with van der Waals surface area (Å²) in [6.07, 6.45) is 50.5. The van der Waals surface area contributed by atoms with Gasteiger partial charge in [-0.25, -0.2) is 9.13 Å². The molecule has 0 aromatic carbocycles. The maximum atomic E-state index is 13.1. The van der Waals surface area contributed by atoms with Crippen LogP contribution in [-0.2, 0) is 65.4 Å². The highest BCUT2D eigenvalue weighted by Gasteiger charge is 2.30. The van der Waals surface area contributed by atoms with Crippen molar-refractivity contribution >= 4 is 39.5 Å². The molecular weight excluding hydrogens is 1220 g/mol. The van der Waals surface area contributed by atoms with E-state index in [0.717, 1.165) is 114 Å². The first-order valence-corrected chi connectivity index (χ1v) is 41.4. The summed E-state index contributed by atoms with van der Waals surface area (Å²) in [7, 11) is -9.90. The maximum absolute atomic E-state index is 13.1. The van der Waals surface area contributed by atoms with Crippen molar-refractivity contribution in [3.63, 3.8) is 0 Å². The summed E-state index contributed by atoms with van der Waals surface area (Å²) >= 11 is 0. The number of hydrogen-bond acceptors (Lipinski definition) is 15. The van der Waals surface area contributed by atoms with Crippen LogP contribution < -0.4 is 0 Å². The van der Waals surface area contributed by atoms with Crippen LogP contribution in [0.4, 0.5) is 0 Å². The van der Waals surface area contributed by atoms with Crippen molar-refractivity contribution in [2.75, 3.05) is 39.6 Å². The van der Waals surface area contributed by atoms with Gasteiger partial charge in [0, 0.05) is 25.7 Å². The fourth-order valence-corrected chi connectivity index (χ4v) is 12.8. The molecule has 0 radical (unpaired) electrons. The van der Waals surface area contributed by atoms with E-state index >= 15 is 0 Å². The first-order valence-electron chi connectivity index (χ1n) is 38.4. The zero-order valence-corrected chi connectivity index (χ0v) is 62.5. The zero-order chi connectivity index (χ0) is 68.7. The van der Waals surface area contributed by atoms with E-state index in [4.69, 9.17) is 37.0 Å². The van der Waals surface area contributed by atoms with Crippen molar-refractivity contribution in [1.82, 2.24) is 0 Å². The van der Waals surface area contributed by atoms with E-state index < -0.39 is 97.5 Å². The van der Waals surface area contributed by atoms with Gasteiger partial charge in [0.2, 0.25) is 0 Å². The Labute approximate surface area is 568 Å². The lowest BCUT2D eigenvalue weighted by atomic mass is 9.99. The Balaban J connectivity index is 5.11. The molecule has 6 atom stereocenters. The molecule has 0 aromatic heterocycles. The molecule has 0 saturated heterocycles. The van der Waals surface area contributed by atoms with E-state index in [1.807, 2.05) is 0 Å². The molecule has 3 unspecified atom stereocenters. The molecule has 19 heteroatoms. The van der Waals surface area contributed by atoms with Crippen molar-refractivity contribution in [1.29, 1.82) is 0 Å². The fourth-order valence-electron chi connectivity index (χ4n) is 11.2. The number of unbranched alkanes of at least 4 members (excludes halogenated alkanes) is 39. The molecule has 0 aliphatic carbocycles. The highest BCUT2D eigenvalue weighted by Crippen LogP contribution is 2.45. The van der Waals surface area contributed by atoms with Crippen LogP contribution in [0, 0.1) is 17.8 Å². The van der Waals surface area contributed by atoms with E-state index in [1.165, 1.54) is 180 Å². The summed E-state index contributed by atoms with van der Waals surface area (Å²) in [6, 6.07) is 0. The second kappa shape index (κ2) is 64.7. The molecule has 0 spiro atoms. The van der Waals surface area contributed by atoms with Crippen LogP contribution in [0.3, 0.4) is 0 Å². The van der Waals surface area contributed by atoms with Gasteiger partial charge in [0.15, 0.2) is 12.2 Å².